The molecule has 0 bridgehead atoms. The highest BCUT2D eigenvalue weighted by atomic mass is 35.5. The number of fused-ring (bicyclic) bond motifs is 1. The van der Waals surface area contributed by atoms with E-state index >= 15 is 0 Å². The fourth-order valence-electron chi connectivity index (χ4n) is 3.24. The van der Waals surface area contributed by atoms with Crippen molar-refractivity contribution in [2.75, 3.05) is 0 Å². The van der Waals surface area contributed by atoms with Crippen LogP contribution in [0.5, 0.6) is 0 Å². The first-order valence-electron chi connectivity index (χ1n) is 8.68. The van der Waals surface area contributed by atoms with E-state index in [-0.39, 0.29) is 0 Å². The van der Waals surface area contributed by atoms with Gasteiger partial charge in [0.2, 0.25) is 5.82 Å². The van der Waals surface area contributed by atoms with Crippen LogP contribution < -0.4 is 0 Å². The Morgan fingerprint density at radius 2 is 2.00 bits per heavy atom. The topological polar surface area (TPSA) is 60.9 Å². The molecule has 2 aromatic heterocycles. The molecule has 0 aliphatic rings. The average Bonchev–Trinajstić information content (AvgIpc) is 3.26. The van der Waals surface area contributed by atoms with Crippen LogP contribution >= 0.6 is 11.6 Å². The van der Waals surface area contributed by atoms with E-state index in [1.165, 1.54) is 0 Å². The summed E-state index contributed by atoms with van der Waals surface area (Å²) in [5.74, 6) is 0.921. The van der Waals surface area contributed by atoms with Crippen molar-refractivity contribution in [2.45, 2.75) is 26.8 Å². The molecule has 0 spiro atoms. The van der Waals surface area contributed by atoms with Crippen molar-refractivity contribution in [3.05, 3.63) is 58.7 Å². The third-order valence-corrected chi connectivity index (χ3v) is 4.94. The molecular formula is C21H18ClN3O2. The van der Waals surface area contributed by atoms with Crippen molar-refractivity contribution in [1.29, 1.82) is 0 Å². The molecular weight excluding hydrogens is 362 g/mol. The van der Waals surface area contributed by atoms with Crippen LogP contribution in [-0.4, -0.2) is 21.0 Å². The maximum absolute atomic E-state index is 10.9. The Labute approximate surface area is 161 Å². The van der Waals surface area contributed by atoms with Gasteiger partial charge in [0.15, 0.2) is 0 Å². The molecule has 6 heteroatoms. The van der Waals surface area contributed by atoms with Crippen molar-refractivity contribution in [3.63, 3.8) is 0 Å². The number of carbonyl (C=O) groups excluding carboxylic acids is 1. The summed E-state index contributed by atoms with van der Waals surface area (Å²) >= 11 is 6.42. The molecule has 0 unspecified atom stereocenters. The first-order valence-corrected chi connectivity index (χ1v) is 9.06. The SMILES string of the molecule is Cc1cc(C=O)ccc1-c1noc(-c2ccc3c(c2)c(Cl)cn3C(C)C)n1. The Kier molecular flexibility index (Phi) is 4.32. The maximum Gasteiger partial charge on any atom is 0.258 e. The van der Waals surface area contributed by atoms with Gasteiger partial charge in [0.25, 0.3) is 5.89 Å². The summed E-state index contributed by atoms with van der Waals surface area (Å²) in [6.07, 6.45) is 2.76. The Hall–Kier alpha value is -2.92. The number of hydrogen-bond acceptors (Lipinski definition) is 4. The van der Waals surface area contributed by atoms with Crippen LogP contribution in [0.25, 0.3) is 33.7 Å². The molecule has 0 saturated heterocycles. The van der Waals surface area contributed by atoms with E-state index in [2.05, 4.69) is 28.6 Å². The number of aldehydes is 1. The van der Waals surface area contributed by atoms with Gasteiger partial charge in [-0.05, 0) is 50.6 Å². The predicted octanol–water partition coefficient (Wildman–Crippen LogP) is 5.71. The standard InChI is InChI=1S/C21H18ClN3O2/c1-12(2)25-10-18(22)17-9-15(5-7-19(17)25)21-23-20(24-27-21)16-6-4-14(11-26)8-13(16)3/h4-12H,1-3H3. The lowest BCUT2D eigenvalue weighted by molar-refractivity contribution is 0.112. The zero-order valence-electron chi connectivity index (χ0n) is 15.2. The predicted molar refractivity (Wildman–Crippen MR) is 106 cm³/mol. The molecule has 136 valence electrons. The van der Waals surface area contributed by atoms with Crippen molar-refractivity contribution in [2.24, 2.45) is 0 Å². The minimum Gasteiger partial charge on any atom is -0.343 e. The molecule has 5 nitrogen and oxygen atoms in total. The molecule has 0 aliphatic carbocycles. The summed E-state index contributed by atoms with van der Waals surface area (Å²) in [5.41, 5.74) is 4.25. The van der Waals surface area contributed by atoms with Gasteiger partial charge in [-0.15, -0.1) is 0 Å². The highest BCUT2D eigenvalue weighted by molar-refractivity contribution is 6.35. The molecule has 0 aliphatic heterocycles. The highest BCUT2D eigenvalue weighted by Crippen LogP contribution is 2.32. The molecule has 27 heavy (non-hydrogen) atoms. The second-order valence-corrected chi connectivity index (χ2v) is 7.23. The molecule has 0 amide bonds. The minimum absolute atomic E-state index is 0.318. The van der Waals surface area contributed by atoms with Gasteiger partial charge >= 0.3 is 0 Å². The average molecular weight is 380 g/mol. The third kappa shape index (κ3) is 3.04. The van der Waals surface area contributed by atoms with E-state index in [4.69, 9.17) is 16.1 Å². The lowest BCUT2D eigenvalue weighted by Crippen LogP contribution is -1.97. The van der Waals surface area contributed by atoms with Crippen molar-refractivity contribution < 1.29 is 9.32 Å². The first-order chi connectivity index (χ1) is 13.0. The summed E-state index contributed by atoms with van der Waals surface area (Å²) < 4.78 is 7.62. The Morgan fingerprint density at radius 1 is 1.19 bits per heavy atom. The molecule has 2 aromatic carbocycles. The summed E-state index contributed by atoms with van der Waals surface area (Å²) in [4.78, 5) is 15.4. The van der Waals surface area contributed by atoms with Gasteiger partial charge in [0, 0.05) is 39.8 Å². The van der Waals surface area contributed by atoms with Crippen LogP contribution in [0, 0.1) is 6.92 Å². The monoisotopic (exact) mass is 379 g/mol. The minimum atomic E-state index is 0.318. The number of benzene rings is 2. The summed E-state index contributed by atoms with van der Waals surface area (Å²) in [6.45, 7) is 6.15. The van der Waals surface area contributed by atoms with E-state index < -0.39 is 0 Å². The second-order valence-electron chi connectivity index (χ2n) is 6.83. The van der Waals surface area contributed by atoms with Gasteiger partial charge in [-0.2, -0.15) is 4.98 Å². The fourth-order valence-corrected chi connectivity index (χ4v) is 3.49. The van der Waals surface area contributed by atoms with Crippen LogP contribution in [0.4, 0.5) is 0 Å². The van der Waals surface area contributed by atoms with E-state index in [1.807, 2.05) is 37.4 Å². The van der Waals surface area contributed by atoms with Gasteiger partial charge < -0.3 is 9.09 Å². The van der Waals surface area contributed by atoms with Gasteiger partial charge in [0.1, 0.15) is 6.29 Å². The van der Waals surface area contributed by atoms with E-state index in [0.29, 0.717) is 28.3 Å². The van der Waals surface area contributed by atoms with Gasteiger partial charge in [-0.25, -0.2) is 0 Å². The normalized spacial score (nSPS) is 11.4. The largest absolute Gasteiger partial charge is 0.343 e. The highest BCUT2D eigenvalue weighted by Gasteiger charge is 2.15. The Morgan fingerprint density at radius 3 is 2.70 bits per heavy atom. The van der Waals surface area contributed by atoms with E-state index in [0.717, 1.165) is 33.9 Å². The number of nitrogens with zero attached hydrogens (tertiary/aromatic N) is 3. The van der Waals surface area contributed by atoms with Crippen LogP contribution in [0.1, 0.15) is 35.8 Å². The van der Waals surface area contributed by atoms with Crippen LogP contribution in [0.3, 0.4) is 0 Å². The quantitative estimate of drug-likeness (QED) is 0.426. The molecule has 2 heterocycles. The number of hydrogen-bond donors (Lipinski definition) is 0. The molecule has 4 aromatic rings. The van der Waals surface area contributed by atoms with Crippen LogP contribution in [0.15, 0.2) is 47.1 Å². The number of carbonyl (C=O) groups is 1. The van der Waals surface area contributed by atoms with Gasteiger partial charge in [-0.3, -0.25) is 4.79 Å². The number of aromatic nitrogens is 3. The Bertz CT molecular complexity index is 1160. The second kappa shape index (κ2) is 6.67. The van der Waals surface area contributed by atoms with Crippen molar-refractivity contribution in [1.82, 2.24) is 14.7 Å². The molecule has 0 fully saturated rings. The Balaban J connectivity index is 1.75. The smallest absolute Gasteiger partial charge is 0.258 e. The van der Waals surface area contributed by atoms with Gasteiger partial charge in [-0.1, -0.05) is 28.9 Å². The lowest BCUT2D eigenvalue weighted by Gasteiger charge is -2.08. The number of aryl methyl sites for hydroxylation is 1. The molecule has 0 N–H and O–H groups in total. The maximum atomic E-state index is 10.9. The zero-order chi connectivity index (χ0) is 19.1. The summed E-state index contributed by atoms with van der Waals surface area (Å²) in [6, 6.07) is 11.6. The number of halogens is 1. The van der Waals surface area contributed by atoms with E-state index in [9.17, 15) is 4.79 Å². The number of rotatable bonds is 4. The van der Waals surface area contributed by atoms with Crippen LogP contribution in [-0.2, 0) is 0 Å². The molecule has 0 saturated carbocycles. The van der Waals surface area contributed by atoms with Gasteiger partial charge in [0.05, 0.1) is 5.02 Å². The summed E-state index contributed by atoms with van der Waals surface area (Å²) in [7, 11) is 0. The lowest BCUT2D eigenvalue weighted by atomic mass is 10.1. The third-order valence-electron chi connectivity index (χ3n) is 4.64. The van der Waals surface area contributed by atoms with Crippen molar-refractivity contribution in [3.8, 4) is 22.8 Å². The molecule has 4 rings (SSSR count). The fraction of sp³-hybridized carbons (Fsp3) is 0.190. The first kappa shape index (κ1) is 17.5. The molecule has 0 atom stereocenters. The summed E-state index contributed by atoms with van der Waals surface area (Å²) in [5, 5.41) is 5.75. The zero-order valence-corrected chi connectivity index (χ0v) is 16.0. The van der Waals surface area contributed by atoms with Crippen LogP contribution in [0.2, 0.25) is 5.02 Å². The molecule has 0 radical (unpaired) electrons. The van der Waals surface area contributed by atoms with Crippen molar-refractivity contribution >= 4 is 28.8 Å². The van der Waals surface area contributed by atoms with E-state index in [1.54, 1.807) is 12.1 Å².